The molecule has 3 rings (SSSR count). The molecule has 8 heteroatoms. The Balaban J connectivity index is 1.70. The quantitative estimate of drug-likeness (QED) is 0.414. The molecule has 31 heavy (non-hydrogen) atoms. The zero-order valence-corrected chi connectivity index (χ0v) is 17.6. The molecule has 1 heterocycles. The van der Waals surface area contributed by atoms with Crippen molar-refractivity contribution in [3.05, 3.63) is 48.0 Å². The van der Waals surface area contributed by atoms with Crippen molar-refractivity contribution in [2.75, 3.05) is 19.8 Å². The van der Waals surface area contributed by atoms with Gasteiger partial charge in [-0.05, 0) is 35.2 Å². The largest absolute Gasteiger partial charge is 0.394 e. The average Bonchev–Trinajstić information content (AvgIpc) is 3.56. The molecule has 2 amide bonds. The van der Waals surface area contributed by atoms with Gasteiger partial charge in [0.2, 0.25) is 5.91 Å². The van der Waals surface area contributed by atoms with Gasteiger partial charge in [-0.15, -0.1) is 0 Å². The molecular formula is C23H28N2O6. The number of nitrogens with one attached hydrogen (secondary N) is 2. The first kappa shape index (κ1) is 22.9. The molecule has 0 radical (unpaired) electrons. The molecule has 4 N–H and O–H groups in total. The normalized spacial score (nSPS) is 19.6. The Labute approximate surface area is 180 Å². The summed E-state index contributed by atoms with van der Waals surface area (Å²) in [6.45, 7) is 2.82. The van der Waals surface area contributed by atoms with Gasteiger partial charge in [0, 0.05) is 5.56 Å². The predicted molar refractivity (Wildman–Crippen MR) is 114 cm³/mol. The second-order valence-corrected chi connectivity index (χ2v) is 8.27. The van der Waals surface area contributed by atoms with Crippen LogP contribution in [0, 0.1) is 5.92 Å². The minimum absolute atomic E-state index is 0.0866. The summed E-state index contributed by atoms with van der Waals surface area (Å²) in [6.07, 6.45) is 0.340. The van der Waals surface area contributed by atoms with E-state index in [0.29, 0.717) is 12.0 Å². The van der Waals surface area contributed by atoms with Crippen molar-refractivity contribution in [1.82, 2.24) is 10.6 Å². The number of benzene rings is 2. The molecule has 8 nitrogen and oxygen atoms in total. The Morgan fingerprint density at radius 3 is 2.29 bits per heavy atom. The first-order valence-electron chi connectivity index (χ1n) is 10.3. The van der Waals surface area contributed by atoms with Crippen molar-refractivity contribution in [3.63, 3.8) is 0 Å². The summed E-state index contributed by atoms with van der Waals surface area (Å²) in [4.78, 5) is 38.2. The molecule has 1 aliphatic rings. The van der Waals surface area contributed by atoms with Crippen molar-refractivity contribution in [2.24, 2.45) is 5.92 Å². The molecule has 3 atom stereocenters. The number of amides is 2. The van der Waals surface area contributed by atoms with E-state index in [2.05, 4.69) is 10.6 Å². The molecule has 0 bridgehead atoms. The van der Waals surface area contributed by atoms with Crippen molar-refractivity contribution < 1.29 is 29.3 Å². The smallest absolute Gasteiger partial charge is 0.252 e. The summed E-state index contributed by atoms with van der Waals surface area (Å²) >= 11 is 0. The maximum atomic E-state index is 12.8. The van der Waals surface area contributed by atoms with Gasteiger partial charge in [0.05, 0.1) is 25.9 Å². The Hall–Kier alpha value is -2.81. The minimum Gasteiger partial charge on any atom is -0.394 e. The number of carbonyl (C=O) groups excluding carboxylic acids is 3. The van der Waals surface area contributed by atoms with Gasteiger partial charge in [-0.2, -0.15) is 0 Å². The molecule has 0 aliphatic carbocycles. The molecule has 0 spiro atoms. The number of hydrogen-bond acceptors (Lipinski definition) is 6. The molecule has 1 saturated heterocycles. The van der Waals surface area contributed by atoms with Crippen LogP contribution < -0.4 is 10.6 Å². The fourth-order valence-corrected chi connectivity index (χ4v) is 3.46. The van der Waals surface area contributed by atoms with E-state index in [9.17, 15) is 24.6 Å². The second-order valence-electron chi connectivity index (χ2n) is 8.27. The van der Waals surface area contributed by atoms with Crippen LogP contribution >= 0.6 is 0 Å². The number of Topliss-reactive ketones (excluding diaryl/α,β-unsaturated/α-hetero) is 1. The van der Waals surface area contributed by atoms with E-state index in [0.717, 1.165) is 10.8 Å². The van der Waals surface area contributed by atoms with Gasteiger partial charge in [-0.1, -0.05) is 44.2 Å². The molecule has 166 valence electrons. The summed E-state index contributed by atoms with van der Waals surface area (Å²) in [6, 6.07) is 10.6. The highest BCUT2D eigenvalue weighted by atomic mass is 16.6. The lowest BCUT2D eigenvalue weighted by Crippen LogP contribution is -2.55. The second kappa shape index (κ2) is 9.55. The molecule has 1 fully saturated rings. The van der Waals surface area contributed by atoms with Crippen LogP contribution in [0.25, 0.3) is 10.8 Å². The van der Waals surface area contributed by atoms with E-state index >= 15 is 0 Å². The summed E-state index contributed by atoms with van der Waals surface area (Å²) in [5.74, 6) is -1.51. The average molecular weight is 428 g/mol. The molecule has 2 aromatic rings. The maximum Gasteiger partial charge on any atom is 0.252 e. The summed E-state index contributed by atoms with van der Waals surface area (Å²) in [5.41, 5.74) is -0.916. The lowest BCUT2D eigenvalue weighted by Gasteiger charge is -2.24. The van der Waals surface area contributed by atoms with Crippen LogP contribution in [0.4, 0.5) is 0 Å². The zero-order chi connectivity index (χ0) is 22.6. The van der Waals surface area contributed by atoms with E-state index in [-0.39, 0.29) is 12.5 Å². The van der Waals surface area contributed by atoms with Gasteiger partial charge >= 0.3 is 0 Å². The van der Waals surface area contributed by atoms with Crippen LogP contribution in [0.5, 0.6) is 0 Å². The SMILES string of the molecule is CC(C)CC(NC(=O)[C@H](CO)NC(=O)c1ccc2ccccc2c1)C(=O)C1(CO)CO1. The Morgan fingerprint density at radius 1 is 1.03 bits per heavy atom. The van der Waals surface area contributed by atoms with Crippen LogP contribution in [0.3, 0.4) is 0 Å². The molecule has 1 aliphatic heterocycles. The lowest BCUT2D eigenvalue weighted by atomic mass is 9.92. The van der Waals surface area contributed by atoms with Crippen LogP contribution in [0.2, 0.25) is 0 Å². The van der Waals surface area contributed by atoms with Gasteiger partial charge < -0.3 is 25.6 Å². The van der Waals surface area contributed by atoms with Crippen molar-refractivity contribution >= 4 is 28.4 Å². The van der Waals surface area contributed by atoms with Crippen molar-refractivity contribution in [3.8, 4) is 0 Å². The van der Waals surface area contributed by atoms with Gasteiger partial charge in [0.1, 0.15) is 6.04 Å². The van der Waals surface area contributed by atoms with Crippen molar-refractivity contribution in [2.45, 2.75) is 38.0 Å². The van der Waals surface area contributed by atoms with Crippen LogP contribution in [0.15, 0.2) is 42.5 Å². The number of epoxide rings is 1. The topological polar surface area (TPSA) is 128 Å². The number of aliphatic hydroxyl groups is 2. The number of ketones is 1. The van der Waals surface area contributed by atoms with E-state index in [1.165, 1.54) is 0 Å². The highest BCUT2D eigenvalue weighted by Crippen LogP contribution is 2.30. The highest BCUT2D eigenvalue weighted by Gasteiger charge is 2.54. The summed E-state index contributed by atoms with van der Waals surface area (Å²) in [7, 11) is 0. The van der Waals surface area contributed by atoms with Crippen LogP contribution in [-0.4, -0.2) is 65.3 Å². The Kier molecular flexibility index (Phi) is 7.04. The number of hydrogen-bond donors (Lipinski definition) is 4. The standard InChI is InChI=1S/C23H28N2O6/c1-14(2)9-18(20(28)23(12-27)13-31-23)24-22(30)19(11-26)25-21(29)17-8-7-15-5-3-4-6-16(15)10-17/h3-8,10,14,18-19,26-27H,9,11-13H2,1-2H3,(H,24,30)(H,25,29)/t18?,19-,23?/m0/s1. The molecule has 0 saturated carbocycles. The number of rotatable bonds is 10. The van der Waals surface area contributed by atoms with Gasteiger partial charge in [0.25, 0.3) is 5.91 Å². The first-order chi connectivity index (χ1) is 14.8. The van der Waals surface area contributed by atoms with Crippen LogP contribution in [0.1, 0.15) is 30.6 Å². The number of carbonyl (C=O) groups is 3. The van der Waals surface area contributed by atoms with E-state index in [1.807, 2.05) is 38.1 Å². The lowest BCUT2D eigenvalue weighted by molar-refractivity contribution is -0.133. The first-order valence-corrected chi connectivity index (χ1v) is 10.3. The van der Waals surface area contributed by atoms with E-state index in [1.54, 1.807) is 18.2 Å². The van der Waals surface area contributed by atoms with Crippen molar-refractivity contribution in [1.29, 1.82) is 0 Å². The molecular weight excluding hydrogens is 400 g/mol. The highest BCUT2D eigenvalue weighted by molar-refractivity contribution is 6.02. The third-order valence-electron chi connectivity index (χ3n) is 5.35. The third kappa shape index (κ3) is 5.28. The Morgan fingerprint density at radius 2 is 1.71 bits per heavy atom. The van der Waals surface area contributed by atoms with E-state index in [4.69, 9.17) is 4.74 Å². The fourth-order valence-electron chi connectivity index (χ4n) is 3.46. The third-order valence-corrected chi connectivity index (χ3v) is 5.35. The molecule has 2 unspecified atom stereocenters. The summed E-state index contributed by atoms with van der Waals surface area (Å²) in [5, 5.41) is 26.1. The maximum absolute atomic E-state index is 12.8. The van der Waals surface area contributed by atoms with Gasteiger partial charge in [-0.25, -0.2) is 0 Å². The van der Waals surface area contributed by atoms with Crippen LogP contribution in [-0.2, 0) is 14.3 Å². The van der Waals surface area contributed by atoms with Gasteiger partial charge in [0.15, 0.2) is 11.4 Å². The Bertz CT molecular complexity index is 969. The van der Waals surface area contributed by atoms with E-state index < -0.39 is 48.5 Å². The molecule has 2 aromatic carbocycles. The number of fused-ring (bicyclic) bond motifs is 1. The monoisotopic (exact) mass is 428 g/mol. The predicted octanol–water partition coefficient (Wildman–Crippen LogP) is 0.792. The minimum atomic E-state index is -1.27. The number of aliphatic hydroxyl groups excluding tert-OH is 2. The molecule has 0 aromatic heterocycles. The summed E-state index contributed by atoms with van der Waals surface area (Å²) < 4.78 is 5.13. The number of ether oxygens (including phenoxy) is 1. The zero-order valence-electron chi connectivity index (χ0n) is 17.6. The van der Waals surface area contributed by atoms with Gasteiger partial charge in [-0.3, -0.25) is 14.4 Å². The fraction of sp³-hybridized carbons (Fsp3) is 0.435.